The van der Waals surface area contributed by atoms with Gasteiger partial charge in [-0.3, -0.25) is 9.59 Å². The number of aryl methyl sites for hydroxylation is 1. The lowest BCUT2D eigenvalue weighted by Gasteiger charge is -2.32. The quantitative estimate of drug-likeness (QED) is 0.500. The molecule has 0 unspecified atom stereocenters. The van der Waals surface area contributed by atoms with Crippen molar-refractivity contribution < 1.29 is 18.0 Å². The summed E-state index contributed by atoms with van der Waals surface area (Å²) >= 11 is 6.33. The van der Waals surface area contributed by atoms with Crippen LogP contribution in [-0.2, 0) is 26.2 Å². The van der Waals surface area contributed by atoms with E-state index in [2.05, 4.69) is 5.32 Å². The van der Waals surface area contributed by atoms with Gasteiger partial charge >= 0.3 is 0 Å². The molecule has 34 heavy (non-hydrogen) atoms. The number of halogens is 1. The first-order chi connectivity index (χ1) is 16.0. The highest BCUT2D eigenvalue weighted by Gasteiger charge is 2.32. The average Bonchev–Trinajstić information content (AvgIpc) is 2.78. The van der Waals surface area contributed by atoms with Crippen molar-refractivity contribution in [1.29, 1.82) is 0 Å². The molecule has 9 heteroatoms. The molecule has 0 aromatic heterocycles. The third-order valence-corrected chi connectivity index (χ3v) is 7.64. The van der Waals surface area contributed by atoms with Crippen LogP contribution in [0.5, 0.6) is 0 Å². The summed E-state index contributed by atoms with van der Waals surface area (Å²) in [6.07, 6.45) is 0.370. The van der Waals surface area contributed by atoms with Gasteiger partial charge in [-0.25, -0.2) is 8.42 Å². The lowest BCUT2D eigenvalue weighted by atomic mass is 10.1. The highest BCUT2D eigenvalue weighted by molar-refractivity contribution is 7.89. The monoisotopic (exact) mass is 507 g/mol. The summed E-state index contributed by atoms with van der Waals surface area (Å²) < 4.78 is 27.1. The summed E-state index contributed by atoms with van der Waals surface area (Å²) in [5.74, 6) is -0.509. The summed E-state index contributed by atoms with van der Waals surface area (Å²) in [5, 5.41) is 3.36. The largest absolute Gasteiger partial charge is 0.354 e. The van der Waals surface area contributed by atoms with Crippen LogP contribution >= 0.6 is 11.6 Å². The summed E-state index contributed by atoms with van der Waals surface area (Å²) in [7, 11) is -2.52. The first kappa shape index (κ1) is 27.8. The molecule has 0 aliphatic rings. The third kappa shape index (κ3) is 7.29. The maximum Gasteiger partial charge on any atom is 0.243 e. The number of carbonyl (C=O) groups is 2. The molecule has 2 amide bonds. The first-order valence-electron chi connectivity index (χ1n) is 11.3. The minimum absolute atomic E-state index is 0.0878. The summed E-state index contributed by atoms with van der Waals surface area (Å²) in [5.41, 5.74) is 1.61. The van der Waals surface area contributed by atoms with E-state index in [0.29, 0.717) is 23.6 Å². The fourth-order valence-electron chi connectivity index (χ4n) is 3.41. The Balaban J connectivity index is 2.32. The van der Waals surface area contributed by atoms with Gasteiger partial charge in [0.15, 0.2) is 0 Å². The van der Waals surface area contributed by atoms with Crippen molar-refractivity contribution in [2.24, 2.45) is 5.92 Å². The zero-order valence-electron chi connectivity index (χ0n) is 20.4. The Bertz CT molecular complexity index is 1090. The van der Waals surface area contributed by atoms with Gasteiger partial charge in [-0.1, -0.05) is 68.3 Å². The fraction of sp³-hybridized carbons (Fsp3) is 0.440. The second-order valence-electron chi connectivity index (χ2n) is 8.75. The molecular formula is C25H34ClN3O4S. The molecule has 1 atom stereocenters. The highest BCUT2D eigenvalue weighted by atomic mass is 35.5. The van der Waals surface area contributed by atoms with Gasteiger partial charge in [-0.05, 0) is 43.0 Å². The minimum Gasteiger partial charge on any atom is -0.354 e. The van der Waals surface area contributed by atoms with E-state index in [0.717, 1.165) is 9.87 Å². The summed E-state index contributed by atoms with van der Waals surface area (Å²) in [6.45, 7) is 7.81. The second-order valence-corrected chi connectivity index (χ2v) is 11.2. The number of nitrogens with one attached hydrogen (secondary N) is 1. The summed E-state index contributed by atoms with van der Waals surface area (Å²) in [4.78, 5) is 27.9. The van der Waals surface area contributed by atoms with Crippen molar-refractivity contribution in [2.45, 2.75) is 51.6 Å². The predicted octanol–water partition coefficient (Wildman–Crippen LogP) is 3.85. The topological polar surface area (TPSA) is 86.8 Å². The third-order valence-electron chi connectivity index (χ3n) is 5.46. The van der Waals surface area contributed by atoms with Gasteiger partial charge in [-0.2, -0.15) is 4.31 Å². The fourth-order valence-corrected chi connectivity index (χ4v) is 4.72. The van der Waals surface area contributed by atoms with Crippen LogP contribution in [0.1, 0.15) is 38.3 Å². The molecule has 0 radical (unpaired) electrons. The predicted molar refractivity (Wildman–Crippen MR) is 135 cm³/mol. The molecule has 0 saturated heterocycles. The zero-order chi connectivity index (χ0) is 25.5. The number of nitrogens with zero attached hydrogens (tertiary/aromatic N) is 2. The van der Waals surface area contributed by atoms with Gasteiger partial charge in [0.1, 0.15) is 6.04 Å². The molecule has 2 aromatic carbocycles. The molecule has 2 rings (SSSR count). The van der Waals surface area contributed by atoms with Gasteiger partial charge in [0.2, 0.25) is 21.8 Å². The van der Waals surface area contributed by atoms with E-state index in [1.54, 1.807) is 36.4 Å². The lowest BCUT2D eigenvalue weighted by molar-refractivity contribution is -0.141. The molecular weight excluding hydrogens is 474 g/mol. The van der Waals surface area contributed by atoms with Crippen LogP contribution in [0.2, 0.25) is 5.02 Å². The Morgan fingerprint density at radius 3 is 2.24 bits per heavy atom. The molecule has 0 bridgehead atoms. The molecule has 0 fully saturated rings. The van der Waals surface area contributed by atoms with Crippen LogP contribution in [0.25, 0.3) is 0 Å². The van der Waals surface area contributed by atoms with E-state index in [4.69, 9.17) is 11.6 Å². The molecule has 0 heterocycles. The van der Waals surface area contributed by atoms with Gasteiger partial charge in [-0.15, -0.1) is 0 Å². The van der Waals surface area contributed by atoms with Crippen LogP contribution in [0, 0.1) is 12.8 Å². The Morgan fingerprint density at radius 2 is 1.68 bits per heavy atom. The molecule has 1 N–H and O–H groups in total. The van der Waals surface area contributed by atoms with Gasteiger partial charge in [0.25, 0.3) is 0 Å². The minimum atomic E-state index is -3.88. The maximum atomic E-state index is 13.4. The van der Waals surface area contributed by atoms with Crippen molar-refractivity contribution in [3.63, 3.8) is 0 Å². The van der Waals surface area contributed by atoms with Crippen molar-refractivity contribution >= 4 is 33.4 Å². The number of benzene rings is 2. The summed E-state index contributed by atoms with van der Waals surface area (Å²) in [6, 6.07) is 12.8. The number of carbonyl (C=O) groups excluding carboxylic acids is 2. The number of rotatable bonds is 11. The number of hydrogen-bond donors (Lipinski definition) is 1. The van der Waals surface area contributed by atoms with Crippen molar-refractivity contribution in [3.05, 3.63) is 64.7 Å². The Kier molecular flexibility index (Phi) is 10.1. The normalized spacial score (nSPS) is 12.6. The number of likely N-dealkylation sites (N-methyl/N-ethyl adjacent to an activating group) is 1. The van der Waals surface area contributed by atoms with E-state index in [1.807, 2.05) is 27.7 Å². The molecule has 0 saturated carbocycles. The van der Waals surface area contributed by atoms with E-state index in [-0.39, 0.29) is 23.3 Å². The number of sulfonamides is 1. The molecule has 0 aliphatic carbocycles. The van der Waals surface area contributed by atoms with Crippen LogP contribution < -0.4 is 5.32 Å². The molecule has 186 valence electrons. The van der Waals surface area contributed by atoms with E-state index >= 15 is 0 Å². The van der Waals surface area contributed by atoms with Gasteiger partial charge < -0.3 is 10.2 Å². The van der Waals surface area contributed by atoms with Gasteiger partial charge in [0, 0.05) is 25.2 Å². The van der Waals surface area contributed by atoms with Crippen LogP contribution in [-0.4, -0.2) is 55.6 Å². The van der Waals surface area contributed by atoms with Crippen molar-refractivity contribution in [2.75, 3.05) is 20.1 Å². The smallest absolute Gasteiger partial charge is 0.243 e. The van der Waals surface area contributed by atoms with E-state index in [1.165, 1.54) is 24.1 Å². The molecule has 2 aromatic rings. The first-order valence-corrected chi connectivity index (χ1v) is 13.1. The van der Waals surface area contributed by atoms with Crippen molar-refractivity contribution in [1.82, 2.24) is 14.5 Å². The zero-order valence-corrected chi connectivity index (χ0v) is 22.0. The Morgan fingerprint density at radius 1 is 1.06 bits per heavy atom. The van der Waals surface area contributed by atoms with Gasteiger partial charge in [0.05, 0.1) is 11.4 Å². The molecule has 7 nitrogen and oxygen atoms in total. The highest BCUT2D eigenvalue weighted by Crippen LogP contribution is 2.21. The van der Waals surface area contributed by atoms with Crippen LogP contribution in [0.4, 0.5) is 0 Å². The lowest BCUT2D eigenvalue weighted by Crippen LogP contribution is -2.52. The van der Waals surface area contributed by atoms with Crippen LogP contribution in [0.15, 0.2) is 53.4 Å². The number of amides is 2. The Labute approximate surface area is 208 Å². The Hall–Kier alpha value is -2.42. The maximum absolute atomic E-state index is 13.4. The second kappa shape index (κ2) is 12.3. The van der Waals surface area contributed by atoms with E-state index < -0.39 is 28.5 Å². The SMILES string of the molecule is CC[C@@H](C(=O)NCC(C)C)N(Cc1ccccc1Cl)C(=O)CN(C)S(=O)(=O)c1ccc(C)cc1. The average molecular weight is 508 g/mol. The number of hydrogen-bond acceptors (Lipinski definition) is 4. The van der Waals surface area contributed by atoms with Crippen LogP contribution in [0.3, 0.4) is 0 Å². The molecule has 0 spiro atoms. The van der Waals surface area contributed by atoms with E-state index in [9.17, 15) is 18.0 Å². The molecule has 0 aliphatic heterocycles. The standard InChI is InChI=1S/C25H34ClN3O4S/c1-6-23(25(31)27-15-18(2)3)29(16-20-9-7-8-10-22(20)26)24(30)17-28(5)34(32,33)21-13-11-19(4)12-14-21/h7-14,18,23H,6,15-17H2,1-5H3,(H,27,31)/t23-/m0/s1. The van der Waals surface area contributed by atoms with Crippen molar-refractivity contribution in [3.8, 4) is 0 Å².